The van der Waals surface area contributed by atoms with Crippen LogP contribution in [0, 0.1) is 0 Å². The van der Waals surface area contributed by atoms with Crippen LogP contribution in [0.2, 0.25) is 0 Å². The molecule has 0 N–H and O–H groups in total. The standard InChI is InChI=1S/C21H21N/c1-2-6-16(7-3-1)17-10-12-19(13-11-17)21-20-9-5-4-8-18(20)14-15-22-21/h4-5,8-16H,1-3,6-7H2. The number of pyridine rings is 1. The van der Waals surface area contributed by atoms with Crippen molar-refractivity contribution in [3.05, 3.63) is 66.4 Å². The number of aromatic nitrogens is 1. The molecule has 0 spiro atoms. The Morgan fingerprint density at radius 1 is 0.773 bits per heavy atom. The molecule has 4 rings (SSSR count). The molecule has 0 atom stereocenters. The number of benzene rings is 2. The molecule has 110 valence electrons. The van der Waals surface area contributed by atoms with Gasteiger partial charge in [0.1, 0.15) is 0 Å². The lowest BCUT2D eigenvalue weighted by molar-refractivity contribution is 0.443. The highest BCUT2D eigenvalue weighted by molar-refractivity contribution is 5.94. The summed E-state index contributed by atoms with van der Waals surface area (Å²) >= 11 is 0. The molecule has 0 bridgehead atoms. The molecule has 1 aliphatic carbocycles. The van der Waals surface area contributed by atoms with E-state index in [1.807, 2.05) is 6.20 Å². The highest BCUT2D eigenvalue weighted by atomic mass is 14.7. The van der Waals surface area contributed by atoms with Crippen molar-refractivity contribution < 1.29 is 0 Å². The predicted octanol–water partition coefficient (Wildman–Crippen LogP) is 5.95. The molecule has 1 heteroatoms. The maximum atomic E-state index is 4.62. The first-order valence-electron chi connectivity index (χ1n) is 8.36. The Labute approximate surface area is 132 Å². The van der Waals surface area contributed by atoms with E-state index in [1.54, 1.807) is 0 Å². The van der Waals surface area contributed by atoms with E-state index in [4.69, 9.17) is 0 Å². The van der Waals surface area contributed by atoms with Crippen LogP contribution in [0.1, 0.15) is 43.6 Å². The van der Waals surface area contributed by atoms with E-state index in [9.17, 15) is 0 Å². The lowest BCUT2D eigenvalue weighted by Gasteiger charge is -2.22. The molecule has 1 aliphatic rings. The van der Waals surface area contributed by atoms with Gasteiger partial charge in [-0.05, 0) is 35.8 Å². The molecule has 1 heterocycles. The average Bonchev–Trinajstić information content (AvgIpc) is 2.62. The van der Waals surface area contributed by atoms with Gasteiger partial charge in [0.25, 0.3) is 0 Å². The van der Waals surface area contributed by atoms with Crippen LogP contribution in [0.5, 0.6) is 0 Å². The summed E-state index contributed by atoms with van der Waals surface area (Å²) in [6.45, 7) is 0. The smallest absolute Gasteiger partial charge is 0.0780 e. The van der Waals surface area contributed by atoms with Crippen molar-refractivity contribution in [3.8, 4) is 11.3 Å². The predicted molar refractivity (Wildman–Crippen MR) is 93.0 cm³/mol. The second-order valence-corrected chi connectivity index (χ2v) is 6.34. The first kappa shape index (κ1) is 13.5. The third-order valence-electron chi connectivity index (χ3n) is 4.93. The van der Waals surface area contributed by atoms with Gasteiger partial charge < -0.3 is 0 Å². The summed E-state index contributed by atoms with van der Waals surface area (Å²) in [6, 6.07) is 19.7. The van der Waals surface area contributed by atoms with Gasteiger partial charge in [-0.2, -0.15) is 0 Å². The number of hydrogen-bond donors (Lipinski definition) is 0. The molecule has 1 saturated carbocycles. The van der Waals surface area contributed by atoms with E-state index in [-0.39, 0.29) is 0 Å². The molecule has 0 aliphatic heterocycles. The lowest BCUT2D eigenvalue weighted by atomic mass is 9.84. The van der Waals surface area contributed by atoms with E-state index in [0.717, 1.165) is 11.6 Å². The van der Waals surface area contributed by atoms with Gasteiger partial charge in [-0.3, -0.25) is 4.98 Å². The molecular weight excluding hydrogens is 266 g/mol. The summed E-state index contributed by atoms with van der Waals surface area (Å²) in [5, 5.41) is 2.49. The van der Waals surface area contributed by atoms with E-state index in [1.165, 1.54) is 54.0 Å². The van der Waals surface area contributed by atoms with Gasteiger partial charge in [0.2, 0.25) is 0 Å². The number of rotatable bonds is 2. The fourth-order valence-electron chi connectivity index (χ4n) is 3.70. The highest BCUT2D eigenvalue weighted by Gasteiger charge is 2.15. The minimum absolute atomic E-state index is 0.767. The normalized spacial score (nSPS) is 16.0. The van der Waals surface area contributed by atoms with Crippen LogP contribution in [0.3, 0.4) is 0 Å². The monoisotopic (exact) mass is 287 g/mol. The van der Waals surface area contributed by atoms with Gasteiger partial charge in [-0.1, -0.05) is 67.8 Å². The summed E-state index contributed by atoms with van der Waals surface area (Å²) in [4.78, 5) is 4.62. The largest absolute Gasteiger partial charge is 0.256 e. The van der Waals surface area contributed by atoms with Gasteiger partial charge in [0, 0.05) is 17.1 Å². The van der Waals surface area contributed by atoms with Crippen molar-refractivity contribution in [3.63, 3.8) is 0 Å². The quantitative estimate of drug-likeness (QED) is 0.567. The van der Waals surface area contributed by atoms with Gasteiger partial charge in [0.15, 0.2) is 0 Å². The minimum Gasteiger partial charge on any atom is -0.256 e. The van der Waals surface area contributed by atoms with Crippen molar-refractivity contribution in [1.29, 1.82) is 0 Å². The molecule has 2 aromatic carbocycles. The van der Waals surface area contributed by atoms with E-state index < -0.39 is 0 Å². The maximum absolute atomic E-state index is 4.62. The maximum Gasteiger partial charge on any atom is 0.0780 e. The number of fused-ring (bicyclic) bond motifs is 1. The zero-order chi connectivity index (χ0) is 14.8. The fraction of sp³-hybridized carbons (Fsp3) is 0.286. The molecule has 0 amide bonds. The van der Waals surface area contributed by atoms with Crippen molar-refractivity contribution in [1.82, 2.24) is 4.98 Å². The number of nitrogens with zero attached hydrogens (tertiary/aromatic N) is 1. The summed E-state index contributed by atoms with van der Waals surface area (Å²) in [7, 11) is 0. The Hall–Kier alpha value is -2.15. The summed E-state index contributed by atoms with van der Waals surface area (Å²) < 4.78 is 0. The second kappa shape index (κ2) is 5.92. The molecule has 0 radical (unpaired) electrons. The fourth-order valence-corrected chi connectivity index (χ4v) is 3.70. The average molecular weight is 287 g/mol. The topological polar surface area (TPSA) is 12.9 Å². The Morgan fingerprint density at radius 3 is 2.36 bits per heavy atom. The van der Waals surface area contributed by atoms with Crippen LogP contribution >= 0.6 is 0 Å². The molecule has 3 aromatic rings. The summed E-state index contributed by atoms with van der Waals surface area (Å²) in [5.74, 6) is 0.767. The highest BCUT2D eigenvalue weighted by Crippen LogP contribution is 2.34. The Morgan fingerprint density at radius 2 is 1.55 bits per heavy atom. The minimum atomic E-state index is 0.767. The van der Waals surface area contributed by atoms with E-state index >= 15 is 0 Å². The van der Waals surface area contributed by atoms with Crippen molar-refractivity contribution in [2.45, 2.75) is 38.0 Å². The van der Waals surface area contributed by atoms with Crippen LogP contribution in [-0.4, -0.2) is 4.98 Å². The zero-order valence-electron chi connectivity index (χ0n) is 12.8. The Kier molecular flexibility index (Phi) is 3.64. The first-order chi connectivity index (χ1) is 10.9. The van der Waals surface area contributed by atoms with Crippen molar-refractivity contribution >= 4 is 10.8 Å². The summed E-state index contributed by atoms with van der Waals surface area (Å²) in [6.07, 6.45) is 8.80. The Balaban J connectivity index is 1.70. The first-order valence-corrected chi connectivity index (χ1v) is 8.36. The lowest BCUT2D eigenvalue weighted by Crippen LogP contribution is -2.04. The van der Waals surface area contributed by atoms with Crippen LogP contribution in [0.25, 0.3) is 22.0 Å². The Bertz CT molecular complexity index is 762. The van der Waals surface area contributed by atoms with Gasteiger partial charge in [-0.25, -0.2) is 0 Å². The molecule has 0 saturated heterocycles. The van der Waals surface area contributed by atoms with Crippen LogP contribution in [0.15, 0.2) is 60.8 Å². The van der Waals surface area contributed by atoms with E-state index in [2.05, 4.69) is 59.6 Å². The van der Waals surface area contributed by atoms with Gasteiger partial charge >= 0.3 is 0 Å². The molecule has 22 heavy (non-hydrogen) atoms. The molecule has 1 aromatic heterocycles. The van der Waals surface area contributed by atoms with Crippen molar-refractivity contribution in [2.75, 3.05) is 0 Å². The van der Waals surface area contributed by atoms with Gasteiger partial charge in [0.05, 0.1) is 5.69 Å². The third-order valence-corrected chi connectivity index (χ3v) is 4.93. The van der Waals surface area contributed by atoms with Crippen LogP contribution < -0.4 is 0 Å². The van der Waals surface area contributed by atoms with E-state index in [0.29, 0.717) is 0 Å². The van der Waals surface area contributed by atoms with Crippen LogP contribution in [-0.2, 0) is 0 Å². The van der Waals surface area contributed by atoms with Crippen LogP contribution in [0.4, 0.5) is 0 Å². The second-order valence-electron chi connectivity index (χ2n) is 6.34. The SMILES string of the molecule is c1ccc2c(-c3ccc(C4CCCCC4)cc3)nccc2c1. The third kappa shape index (κ3) is 2.52. The zero-order valence-corrected chi connectivity index (χ0v) is 12.8. The number of hydrogen-bond acceptors (Lipinski definition) is 1. The molecular formula is C21H21N. The van der Waals surface area contributed by atoms with Gasteiger partial charge in [-0.15, -0.1) is 0 Å². The summed E-state index contributed by atoms with van der Waals surface area (Å²) in [5.41, 5.74) is 3.81. The van der Waals surface area contributed by atoms with Crippen molar-refractivity contribution in [2.24, 2.45) is 0 Å². The molecule has 0 unspecified atom stereocenters. The molecule has 1 nitrogen and oxygen atoms in total. The molecule has 1 fully saturated rings.